The Hall–Kier alpha value is -2.92. The van der Waals surface area contributed by atoms with Gasteiger partial charge in [0, 0.05) is 19.8 Å². The molecule has 5 nitrogen and oxygen atoms in total. The second-order valence-corrected chi connectivity index (χ2v) is 4.02. The third-order valence-corrected chi connectivity index (χ3v) is 2.57. The van der Waals surface area contributed by atoms with E-state index in [0.29, 0.717) is 23.8 Å². The summed E-state index contributed by atoms with van der Waals surface area (Å²) in [6, 6.07) is 13.0. The summed E-state index contributed by atoms with van der Waals surface area (Å²) in [4.78, 5) is 10.1. The van der Waals surface area contributed by atoms with Crippen LogP contribution in [0.25, 0.3) is 0 Å². The molecule has 2 aromatic rings. The van der Waals surface area contributed by atoms with Crippen molar-refractivity contribution < 1.29 is 0 Å². The van der Waals surface area contributed by atoms with Crippen LogP contribution in [0.4, 0.5) is 5.95 Å². The van der Waals surface area contributed by atoms with E-state index in [0.717, 1.165) is 5.56 Å². The molecule has 0 aliphatic heterocycles. The maximum absolute atomic E-state index is 8.86. The quantitative estimate of drug-likeness (QED) is 0.829. The molecule has 2 rings (SSSR count). The second-order valence-electron chi connectivity index (χ2n) is 4.02. The molecule has 0 fully saturated rings. The van der Waals surface area contributed by atoms with E-state index in [1.54, 1.807) is 18.3 Å². The molecule has 1 aromatic heterocycles. The topological polar surface area (TPSA) is 76.6 Å². The molecule has 0 radical (unpaired) electrons. The predicted octanol–water partition coefficient (Wildman–Crippen LogP) is 1.86. The van der Waals surface area contributed by atoms with Crippen molar-refractivity contribution in [3.8, 4) is 12.1 Å². The minimum Gasteiger partial charge on any atom is -0.340 e. The van der Waals surface area contributed by atoms with Gasteiger partial charge in [-0.1, -0.05) is 12.1 Å². The van der Waals surface area contributed by atoms with Crippen molar-refractivity contribution >= 4 is 5.95 Å². The van der Waals surface area contributed by atoms with E-state index in [4.69, 9.17) is 10.5 Å². The largest absolute Gasteiger partial charge is 0.340 e. The van der Waals surface area contributed by atoms with Crippen LogP contribution in [-0.4, -0.2) is 17.0 Å². The zero-order chi connectivity index (χ0) is 13.7. The van der Waals surface area contributed by atoms with Gasteiger partial charge in [0.05, 0.1) is 11.6 Å². The maximum atomic E-state index is 8.86. The molecule has 1 heterocycles. The summed E-state index contributed by atoms with van der Waals surface area (Å²) < 4.78 is 0. The summed E-state index contributed by atoms with van der Waals surface area (Å²) in [5.41, 5.74) is 1.95. The molecule has 0 aliphatic carbocycles. The highest BCUT2D eigenvalue weighted by molar-refractivity contribution is 5.37. The van der Waals surface area contributed by atoms with Crippen molar-refractivity contribution in [2.75, 3.05) is 11.9 Å². The molecule has 5 heteroatoms. The van der Waals surface area contributed by atoms with Gasteiger partial charge >= 0.3 is 0 Å². The summed E-state index contributed by atoms with van der Waals surface area (Å²) in [6.45, 7) is 0.574. The van der Waals surface area contributed by atoms with Gasteiger partial charge in [0.15, 0.2) is 0 Å². The fourth-order valence-corrected chi connectivity index (χ4v) is 1.68. The monoisotopic (exact) mass is 249 g/mol. The summed E-state index contributed by atoms with van der Waals surface area (Å²) in [7, 11) is 1.84. The van der Waals surface area contributed by atoms with Crippen molar-refractivity contribution in [1.29, 1.82) is 10.5 Å². The first-order valence-corrected chi connectivity index (χ1v) is 5.66. The molecule has 0 spiro atoms. The molecule has 92 valence electrons. The highest BCUT2D eigenvalue weighted by atomic mass is 15.2. The number of nitriles is 2. The Balaban J connectivity index is 2.18. The van der Waals surface area contributed by atoms with Crippen LogP contribution in [0.3, 0.4) is 0 Å². The fourth-order valence-electron chi connectivity index (χ4n) is 1.68. The van der Waals surface area contributed by atoms with Gasteiger partial charge in [0.25, 0.3) is 0 Å². The first-order valence-electron chi connectivity index (χ1n) is 5.66. The average Bonchev–Trinajstić information content (AvgIpc) is 2.47. The number of benzene rings is 1. The lowest BCUT2D eigenvalue weighted by Gasteiger charge is -2.16. The molecule has 0 unspecified atom stereocenters. The Bertz CT molecular complexity index is 666. The van der Waals surface area contributed by atoms with E-state index in [1.807, 2.05) is 36.2 Å². The Morgan fingerprint density at radius 1 is 1.21 bits per heavy atom. The lowest BCUT2D eigenvalue weighted by atomic mass is 10.1. The molecule has 0 saturated heterocycles. The Morgan fingerprint density at radius 2 is 2.05 bits per heavy atom. The summed E-state index contributed by atoms with van der Waals surface area (Å²) in [5.74, 6) is 0.487. The number of nitrogens with zero attached hydrogens (tertiary/aromatic N) is 5. The summed E-state index contributed by atoms with van der Waals surface area (Å²) in [5, 5.41) is 17.7. The van der Waals surface area contributed by atoms with Gasteiger partial charge in [-0.05, 0) is 23.8 Å². The van der Waals surface area contributed by atoms with Crippen LogP contribution in [0.2, 0.25) is 0 Å². The van der Waals surface area contributed by atoms with Gasteiger partial charge in [0.1, 0.15) is 11.8 Å². The standard InChI is InChI=1S/C14H11N5/c1-19(14-17-6-5-13(9-16)18-14)10-12-4-2-3-11(7-12)8-15/h2-7H,10H2,1H3. The predicted molar refractivity (Wildman–Crippen MR) is 70.0 cm³/mol. The van der Waals surface area contributed by atoms with Gasteiger partial charge in [-0.3, -0.25) is 0 Å². The average molecular weight is 249 g/mol. The number of anilines is 1. The molecule has 0 bridgehead atoms. The minimum absolute atomic E-state index is 0.336. The smallest absolute Gasteiger partial charge is 0.226 e. The van der Waals surface area contributed by atoms with Gasteiger partial charge in [-0.25, -0.2) is 9.97 Å². The summed E-state index contributed by atoms with van der Waals surface area (Å²) in [6.07, 6.45) is 1.56. The summed E-state index contributed by atoms with van der Waals surface area (Å²) >= 11 is 0. The Kier molecular flexibility index (Phi) is 3.70. The van der Waals surface area contributed by atoms with E-state index in [1.165, 1.54) is 0 Å². The van der Waals surface area contributed by atoms with E-state index < -0.39 is 0 Å². The minimum atomic E-state index is 0.336. The Morgan fingerprint density at radius 3 is 2.79 bits per heavy atom. The fraction of sp³-hybridized carbons (Fsp3) is 0.143. The van der Waals surface area contributed by atoms with E-state index in [2.05, 4.69) is 16.0 Å². The Labute approximate surface area is 111 Å². The van der Waals surface area contributed by atoms with Gasteiger partial charge in [0.2, 0.25) is 5.95 Å². The first-order chi connectivity index (χ1) is 9.22. The van der Waals surface area contributed by atoms with Crippen molar-refractivity contribution in [1.82, 2.24) is 9.97 Å². The number of hydrogen-bond donors (Lipinski definition) is 0. The van der Waals surface area contributed by atoms with Gasteiger partial charge in [-0.15, -0.1) is 0 Å². The van der Waals surface area contributed by atoms with E-state index in [9.17, 15) is 0 Å². The highest BCUT2D eigenvalue weighted by Crippen LogP contribution is 2.11. The maximum Gasteiger partial charge on any atom is 0.226 e. The van der Waals surface area contributed by atoms with Crippen LogP contribution >= 0.6 is 0 Å². The molecule has 1 aromatic carbocycles. The van der Waals surface area contributed by atoms with E-state index in [-0.39, 0.29) is 0 Å². The molecule has 0 saturated carbocycles. The normalized spacial score (nSPS) is 9.42. The zero-order valence-corrected chi connectivity index (χ0v) is 10.4. The van der Waals surface area contributed by atoms with E-state index >= 15 is 0 Å². The van der Waals surface area contributed by atoms with Crippen molar-refractivity contribution in [3.05, 3.63) is 53.3 Å². The van der Waals surface area contributed by atoms with Crippen LogP contribution in [0.1, 0.15) is 16.8 Å². The highest BCUT2D eigenvalue weighted by Gasteiger charge is 2.06. The third-order valence-electron chi connectivity index (χ3n) is 2.57. The van der Waals surface area contributed by atoms with Gasteiger partial charge in [-0.2, -0.15) is 10.5 Å². The zero-order valence-electron chi connectivity index (χ0n) is 10.4. The second kappa shape index (κ2) is 5.61. The molecule has 0 aliphatic rings. The number of rotatable bonds is 3. The molecule has 0 atom stereocenters. The van der Waals surface area contributed by atoms with Crippen LogP contribution in [0.5, 0.6) is 0 Å². The molecule has 19 heavy (non-hydrogen) atoms. The van der Waals surface area contributed by atoms with Crippen molar-refractivity contribution in [2.45, 2.75) is 6.54 Å². The van der Waals surface area contributed by atoms with Gasteiger partial charge < -0.3 is 4.90 Å². The lowest BCUT2D eigenvalue weighted by molar-refractivity contribution is 0.863. The van der Waals surface area contributed by atoms with Crippen LogP contribution in [0.15, 0.2) is 36.5 Å². The van der Waals surface area contributed by atoms with Crippen molar-refractivity contribution in [3.63, 3.8) is 0 Å². The number of hydrogen-bond acceptors (Lipinski definition) is 5. The molecule has 0 N–H and O–H groups in total. The van der Waals surface area contributed by atoms with Crippen LogP contribution in [-0.2, 0) is 6.54 Å². The van der Waals surface area contributed by atoms with Crippen molar-refractivity contribution in [2.24, 2.45) is 0 Å². The lowest BCUT2D eigenvalue weighted by Crippen LogP contribution is -2.19. The van der Waals surface area contributed by atoms with Crippen LogP contribution < -0.4 is 4.90 Å². The molecule has 0 amide bonds. The molecular weight excluding hydrogens is 238 g/mol. The number of aromatic nitrogens is 2. The molecular formula is C14H11N5. The SMILES string of the molecule is CN(Cc1cccc(C#N)c1)c1nccc(C#N)n1. The first kappa shape index (κ1) is 12.5. The third kappa shape index (κ3) is 3.05. The van der Waals surface area contributed by atoms with Crippen LogP contribution in [0, 0.1) is 22.7 Å².